The smallest absolute Gasteiger partial charge is 0.329 e. The number of hydrogen-bond donors (Lipinski definition) is 1. The Hall–Kier alpha value is -0.450. The highest BCUT2D eigenvalue weighted by Gasteiger charge is 2.07. The molecule has 1 amide bonds. The molecular weight excluding hydrogens is 96.0 g/mol. The summed E-state index contributed by atoms with van der Waals surface area (Å²) in [7, 11) is 1.07. The van der Waals surface area contributed by atoms with Crippen molar-refractivity contribution >= 4 is 5.91 Å². The maximum atomic E-state index is 10.2. The number of nitrogens with two attached hydrogens (primary N) is 1. The molecule has 0 saturated carbocycles. The topological polar surface area (TPSA) is 66.2 Å². The van der Waals surface area contributed by atoms with Gasteiger partial charge in [0, 0.05) is 0 Å². The van der Waals surface area contributed by atoms with Gasteiger partial charge in [0.25, 0.3) is 0 Å². The second-order valence-electron chi connectivity index (χ2n) is 1.51. The lowest BCUT2D eigenvalue weighted by Crippen LogP contribution is -2.48. The van der Waals surface area contributed by atoms with Crippen LogP contribution in [0.4, 0.5) is 0 Å². The van der Waals surface area contributed by atoms with E-state index in [-0.39, 0.29) is 0 Å². The molecule has 0 spiro atoms. The van der Waals surface area contributed by atoms with E-state index in [4.69, 9.17) is 5.84 Å². The standard InChI is InChI=1S/C3H8N2O2/c1-3(6)5(2,4)7/h4H2,1-2H3. The lowest BCUT2D eigenvalue weighted by molar-refractivity contribution is -0.794. The summed E-state index contributed by atoms with van der Waals surface area (Å²) in [6.45, 7) is 1.15. The Bertz CT molecular complexity index is 83.4. The maximum absolute atomic E-state index is 10.2. The molecule has 1 unspecified atom stereocenters. The summed E-state index contributed by atoms with van der Waals surface area (Å²) in [5, 5.41) is 10.2. The van der Waals surface area contributed by atoms with Crippen molar-refractivity contribution in [2.45, 2.75) is 6.92 Å². The van der Waals surface area contributed by atoms with Gasteiger partial charge in [-0.1, -0.05) is 0 Å². The highest BCUT2D eigenvalue weighted by atomic mass is 16.6. The zero-order valence-corrected chi connectivity index (χ0v) is 4.34. The van der Waals surface area contributed by atoms with Crippen LogP contribution in [-0.2, 0) is 4.79 Å². The molecule has 42 valence electrons. The van der Waals surface area contributed by atoms with Crippen LogP contribution in [0.15, 0.2) is 0 Å². The van der Waals surface area contributed by atoms with Crippen LogP contribution in [0.3, 0.4) is 0 Å². The molecule has 7 heavy (non-hydrogen) atoms. The monoisotopic (exact) mass is 104 g/mol. The van der Waals surface area contributed by atoms with E-state index in [0.717, 1.165) is 14.0 Å². The number of quaternary nitrogens is 1. The zero-order chi connectivity index (χ0) is 6.08. The number of carbonyl (C=O) groups excluding carboxylic acids is 1. The molecule has 0 heterocycles. The van der Waals surface area contributed by atoms with Crippen molar-refractivity contribution in [3.8, 4) is 0 Å². The summed E-state index contributed by atoms with van der Waals surface area (Å²) in [4.78, 5) is 10.0. The van der Waals surface area contributed by atoms with E-state index in [9.17, 15) is 10.0 Å². The first-order chi connectivity index (χ1) is 2.94. The van der Waals surface area contributed by atoms with E-state index in [0.29, 0.717) is 0 Å². The molecular formula is C3H8N2O2. The van der Waals surface area contributed by atoms with Gasteiger partial charge in [0.05, 0.1) is 14.0 Å². The molecule has 0 saturated heterocycles. The van der Waals surface area contributed by atoms with E-state index in [2.05, 4.69) is 0 Å². The van der Waals surface area contributed by atoms with E-state index < -0.39 is 10.7 Å². The second kappa shape index (κ2) is 1.57. The first-order valence-electron chi connectivity index (χ1n) is 1.82. The number of hydroxylamine groups is 2. The number of nitrogens with zero attached hydrogens (tertiary/aromatic N) is 1. The van der Waals surface area contributed by atoms with Gasteiger partial charge in [-0.15, -0.1) is 0 Å². The molecule has 0 aromatic rings. The lowest BCUT2D eigenvalue weighted by Gasteiger charge is -2.26. The lowest BCUT2D eigenvalue weighted by atomic mass is 10.7. The van der Waals surface area contributed by atoms with Gasteiger partial charge < -0.3 is 5.21 Å². The Balaban J connectivity index is 3.79. The summed E-state index contributed by atoms with van der Waals surface area (Å²) in [5.74, 6) is 4.11. The first kappa shape index (κ1) is 6.55. The fourth-order valence-corrected chi connectivity index (χ4v) is 0. The van der Waals surface area contributed by atoms with Crippen molar-refractivity contribution in [3.05, 3.63) is 5.21 Å². The predicted molar refractivity (Wildman–Crippen MR) is 24.4 cm³/mol. The van der Waals surface area contributed by atoms with Crippen LogP contribution >= 0.6 is 0 Å². The molecule has 0 aliphatic rings. The second-order valence-corrected chi connectivity index (χ2v) is 1.51. The average molecular weight is 104 g/mol. The fourth-order valence-electron chi connectivity index (χ4n) is 0. The predicted octanol–water partition coefficient (Wildman–Crippen LogP) is -0.649. The Labute approximate surface area is 41.7 Å². The molecule has 0 aromatic carbocycles. The normalized spacial score (nSPS) is 18.3. The Kier molecular flexibility index (Phi) is 1.47. The van der Waals surface area contributed by atoms with Crippen LogP contribution in [0.1, 0.15) is 6.92 Å². The largest absolute Gasteiger partial charge is 0.605 e. The Morgan fingerprint density at radius 3 is 2.00 bits per heavy atom. The van der Waals surface area contributed by atoms with Gasteiger partial charge in [-0.3, -0.25) is 0 Å². The molecule has 1 atom stereocenters. The van der Waals surface area contributed by atoms with Crippen molar-refractivity contribution < 1.29 is 9.55 Å². The minimum atomic E-state index is -1.33. The molecule has 0 fully saturated rings. The van der Waals surface area contributed by atoms with Gasteiger partial charge in [-0.05, 0) is 0 Å². The van der Waals surface area contributed by atoms with E-state index >= 15 is 0 Å². The quantitative estimate of drug-likeness (QED) is 0.192. The molecule has 4 nitrogen and oxygen atoms in total. The third kappa shape index (κ3) is 2.27. The van der Waals surface area contributed by atoms with Crippen LogP contribution in [-0.4, -0.2) is 17.7 Å². The first-order valence-corrected chi connectivity index (χ1v) is 1.82. The third-order valence-electron chi connectivity index (χ3n) is 0.625. The van der Waals surface area contributed by atoms with E-state index in [1.54, 1.807) is 0 Å². The van der Waals surface area contributed by atoms with E-state index in [1.807, 2.05) is 0 Å². The summed E-state index contributed by atoms with van der Waals surface area (Å²) in [6.07, 6.45) is 0. The van der Waals surface area contributed by atoms with E-state index in [1.165, 1.54) is 0 Å². The van der Waals surface area contributed by atoms with Crippen molar-refractivity contribution in [3.63, 3.8) is 0 Å². The highest BCUT2D eigenvalue weighted by Crippen LogP contribution is 1.84. The highest BCUT2D eigenvalue weighted by molar-refractivity contribution is 5.65. The summed E-state index contributed by atoms with van der Waals surface area (Å²) >= 11 is 0. The Morgan fingerprint density at radius 2 is 2.00 bits per heavy atom. The van der Waals surface area contributed by atoms with Gasteiger partial charge in [0.2, 0.25) is 0 Å². The van der Waals surface area contributed by atoms with Crippen LogP contribution in [0, 0.1) is 5.21 Å². The molecule has 0 aliphatic carbocycles. The van der Waals surface area contributed by atoms with Crippen LogP contribution in [0.2, 0.25) is 0 Å². The molecule has 0 aliphatic heterocycles. The fraction of sp³-hybridized carbons (Fsp3) is 0.667. The van der Waals surface area contributed by atoms with Crippen molar-refractivity contribution in [2.75, 3.05) is 7.05 Å². The van der Waals surface area contributed by atoms with Gasteiger partial charge in [0.1, 0.15) is 0 Å². The van der Waals surface area contributed by atoms with Crippen LogP contribution in [0.25, 0.3) is 0 Å². The number of hydrogen-bond acceptors (Lipinski definition) is 3. The van der Waals surface area contributed by atoms with Gasteiger partial charge in [0.15, 0.2) is 0 Å². The Morgan fingerprint density at radius 1 is 1.86 bits per heavy atom. The van der Waals surface area contributed by atoms with Gasteiger partial charge in [-0.25, -0.2) is 9.55 Å². The van der Waals surface area contributed by atoms with Gasteiger partial charge in [-0.2, -0.15) is 5.84 Å². The third-order valence-corrected chi connectivity index (χ3v) is 0.625. The minimum Gasteiger partial charge on any atom is -0.605 e. The van der Waals surface area contributed by atoms with Crippen molar-refractivity contribution in [1.82, 2.24) is 0 Å². The molecule has 0 bridgehead atoms. The molecule has 4 heteroatoms. The summed E-state index contributed by atoms with van der Waals surface area (Å²) < 4.78 is -1.33. The van der Waals surface area contributed by atoms with Crippen molar-refractivity contribution in [1.29, 1.82) is 0 Å². The molecule has 0 rings (SSSR count). The van der Waals surface area contributed by atoms with Crippen LogP contribution in [0.5, 0.6) is 0 Å². The zero-order valence-electron chi connectivity index (χ0n) is 4.34. The number of amides is 1. The molecule has 0 aromatic heterocycles. The summed E-state index contributed by atoms with van der Waals surface area (Å²) in [6, 6.07) is 0. The minimum absolute atomic E-state index is 0.597. The number of rotatable bonds is 0. The average Bonchev–Trinajstić information content (AvgIpc) is 1.31. The van der Waals surface area contributed by atoms with Gasteiger partial charge >= 0.3 is 5.91 Å². The van der Waals surface area contributed by atoms with Crippen molar-refractivity contribution in [2.24, 2.45) is 5.84 Å². The summed E-state index contributed by atoms with van der Waals surface area (Å²) in [5.41, 5.74) is 0. The maximum Gasteiger partial charge on any atom is 0.329 e. The SMILES string of the molecule is CC(=O)[N+](C)(N)[O-]. The molecule has 2 N–H and O–H groups in total. The number of carbonyl (C=O) groups is 1. The molecule has 0 radical (unpaired) electrons. The van der Waals surface area contributed by atoms with Crippen LogP contribution < -0.4 is 5.84 Å².